The van der Waals surface area contributed by atoms with Gasteiger partial charge in [-0.05, 0) is 31.0 Å². The Balaban J connectivity index is 1.46. The number of amides is 1. The third kappa shape index (κ3) is 3.17. The van der Waals surface area contributed by atoms with Crippen LogP contribution in [0.3, 0.4) is 0 Å². The number of carbonyl (C=O) groups is 1. The van der Waals surface area contributed by atoms with Gasteiger partial charge in [-0.25, -0.2) is 8.42 Å². The summed E-state index contributed by atoms with van der Waals surface area (Å²) in [5.41, 5.74) is 1.49. The van der Waals surface area contributed by atoms with E-state index in [1.54, 1.807) is 0 Å². The Hall–Kier alpha value is -1.54. The molecule has 0 radical (unpaired) electrons. The molecule has 1 aromatic carbocycles. The van der Waals surface area contributed by atoms with Crippen molar-refractivity contribution in [1.29, 1.82) is 0 Å². The average molecular weight is 365 g/mol. The third-order valence-electron chi connectivity index (χ3n) is 4.57. The van der Waals surface area contributed by atoms with Crippen molar-refractivity contribution >= 4 is 38.4 Å². The Kier molecular flexibility index (Phi) is 4.04. The van der Waals surface area contributed by atoms with Crippen LogP contribution >= 0.6 is 11.8 Å². The minimum absolute atomic E-state index is 0.0203. The molecule has 2 saturated heterocycles. The van der Waals surface area contributed by atoms with Gasteiger partial charge >= 0.3 is 0 Å². The monoisotopic (exact) mass is 365 g/mol. The highest BCUT2D eigenvalue weighted by molar-refractivity contribution is 8.15. The summed E-state index contributed by atoms with van der Waals surface area (Å²) in [7, 11) is -2.94. The first kappa shape index (κ1) is 16.0. The lowest BCUT2D eigenvalue weighted by Gasteiger charge is -2.16. The number of carbonyl (C=O) groups excluding carboxylic acids is 1. The molecule has 4 rings (SSSR count). The standard InChI is InChI=1S/C16H19N3O3S2/c20-15(19-6-1-2-7-19)11-4-3-5-12(8-11)17-16-18-13-9-24(21,22)10-14(13)23-16/h3-5,8,13-14H,1-2,6-7,9-10H2,(H,17,18). The van der Waals surface area contributed by atoms with Crippen LogP contribution in [0, 0.1) is 0 Å². The fourth-order valence-corrected chi connectivity index (χ4v) is 7.05. The van der Waals surface area contributed by atoms with E-state index in [0.29, 0.717) is 5.56 Å². The Labute approximate surface area is 145 Å². The molecule has 0 spiro atoms. The molecule has 0 aromatic heterocycles. The largest absolute Gasteiger partial charge is 0.339 e. The van der Waals surface area contributed by atoms with E-state index in [-0.39, 0.29) is 28.7 Å². The van der Waals surface area contributed by atoms with Crippen molar-refractivity contribution in [3.05, 3.63) is 29.8 Å². The zero-order valence-corrected chi connectivity index (χ0v) is 14.8. The van der Waals surface area contributed by atoms with Gasteiger partial charge < -0.3 is 10.2 Å². The van der Waals surface area contributed by atoms with Gasteiger partial charge in [0.1, 0.15) is 0 Å². The van der Waals surface area contributed by atoms with Crippen molar-refractivity contribution in [3.8, 4) is 0 Å². The first-order valence-corrected chi connectivity index (χ1v) is 10.8. The van der Waals surface area contributed by atoms with Crippen LogP contribution in [0.25, 0.3) is 0 Å². The molecule has 3 heterocycles. The zero-order chi connectivity index (χ0) is 16.7. The number of fused-ring (bicyclic) bond motifs is 1. The maximum atomic E-state index is 12.5. The molecule has 1 aromatic rings. The van der Waals surface area contributed by atoms with E-state index in [0.717, 1.165) is 36.8 Å². The summed E-state index contributed by atoms with van der Waals surface area (Å²) in [6, 6.07) is 7.29. The van der Waals surface area contributed by atoms with Crippen LogP contribution in [0.15, 0.2) is 29.3 Å². The summed E-state index contributed by atoms with van der Waals surface area (Å²) in [5, 5.41) is 3.99. The summed E-state index contributed by atoms with van der Waals surface area (Å²) >= 11 is 1.48. The van der Waals surface area contributed by atoms with Crippen LogP contribution in [-0.2, 0) is 9.84 Å². The molecule has 1 amide bonds. The maximum absolute atomic E-state index is 12.5. The number of sulfone groups is 1. The van der Waals surface area contributed by atoms with Crippen molar-refractivity contribution in [2.24, 2.45) is 4.99 Å². The van der Waals surface area contributed by atoms with Crippen molar-refractivity contribution in [2.45, 2.75) is 24.1 Å². The van der Waals surface area contributed by atoms with Gasteiger partial charge in [0.2, 0.25) is 0 Å². The number of rotatable bonds is 2. The number of nitrogens with zero attached hydrogens (tertiary/aromatic N) is 2. The molecule has 1 N–H and O–H groups in total. The van der Waals surface area contributed by atoms with Crippen molar-refractivity contribution < 1.29 is 13.2 Å². The second-order valence-corrected chi connectivity index (χ2v) is 9.82. The number of likely N-dealkylation sites (tertiary alicyclic amines) is 1. The van der Waals surface area contributed by atoms with Gasteiger partial charge in [-0.2, -0.15) is 0 Å². The lowest BCUT2D eigenvalue weighted by Crippen LogP contribution is -2.27. The number of benzene rings is 1. The molecule has 2 atom stereocenters. The molecule has 2 unspecified atom stereocenters. The van der Waals surface area contributed by atoms with E-state index < -0.39 is 9.84 Å². The van der Waals surface area contributed by atoms with Crippen LogP contribution in [0.5, 0.6) is 0 Å². The summed E-state index contributed by atoms with van der Waals surface area (Å²) in [5.74, 6) is 0.411. The topological polar surface area (TPSA) is 78.8 Å². The summed E-state index contributed by atoms with van der Waals surface area (Å²) in [6.45, 7) is 1.66. The van der Waals surface area contributed by atoms with Gasteiger partial charge in [-0.15, -0.1) is 0 Å². The normalized spacial score (nSPS) is 27.8. The molecular formula is C16H19N3O3S2. The quantitative estimate of drug-likeness (QED) is 0.861. The Morgan fingerprint density at radius 1 is 1.25 bits per heavy atom. The van der Waals surface area contributed by atoms with Crippen molar-refractivity contribution in [2.75, 3.05) is 29.9 Å². The van der Waals surface area contributed by atoms with Crippen LogP contribution < -0.4 is 5.32 Å². The molecule has 3 aliphatic heterocycles. The molecule has 128 valence electrons. The predicted molar refractivity (Wildman–Crippen MR) is 96.5 cm³/mol. The highest BCUT2D eigenvalue weighted by atomic mass is 32.2. The molecule has 0 bridgehead atoms. The van der Waals surface area contributed by atoms with Crippen molar-refractivity contribution in [3.63, 3.8) is 0 Å². The first-order chi connectivity index (χ1) is 11.5. The number of hydrogen-bond donors (Lipinski definition) is 1. The zero-order valence-electron chi connectivity index (χ0n) is 13.1. The van der Waals surface area contributed by atoms with E-state index in [9.17, 15) is 13.2 Å². The van der Waals surface area contributed by atoms with Crippen LogP contribution in [-0.4, -0.2) is 60.3 Å². The molecule has 2 fully saturated rings. The highest BCUT2D eigenvalue weighted by Crippen LogP contribution is 2.34. The molecule has 0 saturated carbocycles. The molecule has 8 heteroatoms. The van der Waals surface area contributed by atoms with Crippen LogP contribution in [0.1, 0.15) is 23.2 Å². The average Bonchev–Trinajstić information content (AvgIpc) is 3.22. The smallest absolute Gasteiger partial charge is 0.253 e. The van der Waals surface area contributed by atoms with Crippen LogP contribution in [0.2, 0.25) is 0 Å². The van der Waals surface area contributed by atoms with E-state index >= 15 is 0 Å². The van der Waals surface area contributed by atoms with E-state index in [1.165, 1.54) is 11.8 Å². The van der Waals surface area contributed by atoms with Gasteiger partial charge in [-0.3, -0.25) is 9.79 Å². The number of hydrogen-bond acceptors (Lipinski definition) is 6. The number of nitrogens with one attached hydrogen (secondary N) is 1. The highest BCUT2D eigenvalue weighted by Gasteiger charge is 2.42. The van der Waals surface area contributed by atoms with Gasteiger partial charge in [-0.1, -0.05) is 17.8 Å². The second-order valence-electron chi connectivity index (χ2n) is 6.44. The number of thioether (sulfide) groups is 1. The molecular weight excluding hydrogens is 346 g/mol. The van der Waals surface area contributed by atoms with Gasteiger partial charge in [0.25, 0.3) is 5.91 Å². The lowest BCUT2D eigenvalue weighted by atomic mass is 10.2. The predicted octanol–water partition coefficient (Wildman–Crippen LogP) is 1.60. The van der Waals surface area contributed by atoms with Gasteiger partial charge in [0.05, 0.1) is 17.5 Å². The van der Waals surface area contributed by atoms with E-state index in [4.69, 9.17) is 0 Å². The summed E-state index contributed by atoms with van der Waals surface area (Å²) in [4.78, 5) is 18.8. The minimum Gasteiger partial charge on any atom is -0.339 e. The molecule has 24 heavy (non-hydrogen) atoms. The Bertz CT molecular complexity index is 801. The minimum atomic E-state index is -2.94. The van der Waals surface area contributed by atoms with Crippen LogP contribution in [0.4, 0.5) is 5.69 Å². The van der Waals surface area contributed by atoms with E-state index in [1.807, 2.05) is 29.2 Å². The van der Waals surface area contributed by atoms with Crippen molar-refractivity contribution in [1.82, 2.24) is 4.90 Å². The fourth-order valence-electron chi connectivity index (χ4n) is 3.37. The Morgan fingerprint density at radius 3 is 2.79 bits per heavy atom. The maximum Gasteiger partial charge on any atom is 0.253 e. The second kappa shape index (κ2) is 6.07. The van der Waals surface area contributed by atoms with E-state index in [2.05, 4.69) is 10.3 Å². The first-order valence-electron chi connectivity index (χ1n) is 8.11. The number of anilines is 1. The molecule has 3 aliphatic rings. The SMILES string of the molecule is O=C(c1cccc(NC2=NC3CS(=O)(=O)CC3S2)c1)N1CCCC1. The molecule has 0 aliphatic carbocycles. The summed E-state index contributed by atoms with van der Waals surface area (Å²) in [6.07, 6.45) is 2.14. The molecule has 6 nitrogen and oxygen atoms in total. The number of aliphatic imine (C=N–C) groups is 1. The van der Waals surface area contributed by atoms with Gasteiger partial charge in [0.15, 0.2) is 15.0 Å². The number of amidine groups is 1. The van der Waals surface area contributed by atoms with Gasteiger partial charge in [0, 0.05) is 29.6 Å². The fraction of sp³-hybridized carbons (Fsp3) is 0.500. The Morgan fingerprint density at radius 2 is 2.04 bits per heavy atom. The summed E-state index contributed by atoms with van der Waals surface area (Å²) < 4.78 is 23.2. The lowest BCUT2D eigenvalue weighted by molar-refractivity contribution is 0.0793. The third-order valence-corrected chi connectivity index (χ3v) is 7.71.